The molecular formula is C21H23BrN4O2. The van der Waals surface area contributed by atoms with Crippen LogP contribution in [0.4, 0.5) is 16.2 Å². The monoisotopic (exact) mass is 442 g/mol. The van der Waals surface area contributed by atoms with Crippen LogP contribution >= 0.6 is 15.9 Å². The normalized spacial score (nSPS) is 19.5. The van der Waals surface area contributed by atoms with Crippen molar-refractivity contribution in [3.63, 3.8) is 0 Å². The van der Waals surface area contributed by atoms with E-state index in [1.54, 1.807) is 17.0 Å². The molecule has 1 atom stereocenters. The van der Waals surface area contributed by atoms with E-state index in [0.717, 1.165) is 41.8 Å². The van der Waals surface area contributed by atoms with Gasteiger partial charge in [0.1, 0.15) is 0 Å². The molecule has 0 saturated carbocycles. The fraction of sp³-hybridized carbons (Fsp3) is 0.333. The Morgan fingerprint density at radius 2 is 1.93 bits per heavy atom. The Hall–Kier alpha value is -2.54. The largest absolute Gasteiger partial charge is 0.369 e. The fourth-order valence-electron chi connectivity index (χ4n) is 3.72. The molecular weight excluding hydrogens is 420 g/mol. The van der Waals surface area contributed by atoms with Gasteiger partial charge in [-0.3, -0.25) is 9.69 Å². The first kappa shape index (κ1) is 18.8. The molecule has 2 aromatic rings. The van der Waals surface area contributed by atoms with Crippen LogP contribution < -0.4 is 20.4 Å². The van der Waals surface area contributed by atoms with E-state index >= 15 is 0 Å². The summed E-state index contributed by atoms with van der Waals surface area (Å²) in [5.41, 5.74) is 2.50. The molecule has 2 fully saturated rings. The Kier molecular flexibility index (Phi) is 5.52. The molecule has 146 valence electrons. The first-order chi connectivity index (χ1) is 13.6. The standard InChI is InChI=1S/C21H23BrN4O2/c22-16-5-7-18(8-6-16)25-12-9-17(14-25)24-20(27)15-3-1-4-19(13-15)26-11-2-10-23-21(26)28/h1,3-8,13,17H,2,9-12,14H2,(H,23,28)(H,24,27)/t17-/m1/s1. The molecule has 4 rings (SSSR count). The molecule has 0 aromatic heterocycles. The van der Waals surface area contributed by atoms with Crippen LogP contribution in [0.3, 0.4) is 0 Å². The number of anilines is 2. The van der Waals surface area contributed by atoms with Crippen molar-refractivity contribution < 1.29 is 9.59 Å². The highest BCUT2D eigenvalue weighted by atomic mass is 79.9. The number of urea groups is 1. The molecule has 2 N–H and O–H groups in total. The topological polar surface area (TPSA) is 64.7 Å². The number of benzene rings is 2. The Morgan fingerprint density at radius 3 is 2.71 bits per heavy atom. The van der Waals surface area contributed by atoms with Crippen molar-refractivity contribution in [1.29, 1.82) is 0 Å². The van der Waals surface area contributed by atoms with Gasteiger partial charge in [-0.05, 0) is 55.3 Å². The molecule has 2 saturated heterocycles. The molecule has 0 unspecified atom stereocenters. The maximum absolute atomic E-state index is 12.8. The number of carbonyl (C=O) groups is 2. The van der Waals surface area contributed by atoms with Crippen LogP contribution in [0, 0.1) is 0 Å². The Balaban J connectivity index is 1.39. The highest BCUT2D eigenvalue weighted by Crippen LogP contribution is 2.23. The zero-order chi connectivity index (χ0) is 19.5. The molecule has 2 aliphatic rings. The van der Waals surface area contributed by atoms with Gasteiger partial charge in [-0.1, -0.05) is 22.0 Å². The highest BCUT2D eigenvalue weighted by molar-refractivity contribution is 9.10. The molecule has 0 bridgehead atoms. The van der Waals surface area contributed by atoms with E-state index in [-0.39, 0.29) is 18.0 Å². The van der Waals surface area contributed by atoms with E-state index in [2.05, 4.69) is 43.6 Å². The lowest BCUT2D eigenvalue weighted by Gasteiger charge is -2.27. The lowest BCUT2D eigenvalue weighted by molar-refractivity contribution is 0.0940. The number of halogens is 1. The average Bonchev–Trinajstić information content (AvgIpc) is 3.17. The van der Waals surface area contributed by atoms with Crippen LogP contribution in [-0.4, -0.2) is 44.2 Å². The van der Waals surface area contributed by atoms with E-state index in [0.29, 0.717) is 18.7 Å². The number of amides is 3. The van der Waals surface area contributed by atoms with E-state index in [1.165, 1.54) is 0 Å². The van der Waals surface area contributed by atoms with Gasteiger partial charge >= 0.3 is 6.03 Å². The van der Waals surface area contributed by atoms with E-state index < -0.39 is 0 Å². The maximum atomic E-state index is 12.8. The van der Waals surface area contributed by atoms with Gasteiger partial charge in [-0.15, -0.1) is 0 Å². The Labute approximate surface area is 173 Å². The first-order valence-corrected chi connectivity index (χ1v) is 10.4. The third-order valence-corrected chi connectivity index (χ3v) is 5.74. The van der Waals surface area contributed by atoms with Crippen molar-refractivity contribution in [2.45, 2.75) is 18.9 Å². The minimum absolute atomic E-state index is 0.0954. The van der Waals surface area contributed by atoms with Gasteiger partial charge in [0, 0.05) is 53.6 Å². The van der Waals surface area contributed by atoms with Crippen LogP contribution in [0.2, 0.25) is 0 Å². The number of rotatable bonds is 4. The number of nitrogens with one attached hydrogen (secondary N) is 2. The average molecular weight is 443 g/mol. The van der Waals surface area contributed by atoms with Crippen LogP contribution in [0.1, 0.15) is 23.2 Å². The van der Waals surface area contributed by atoms with Crippen molar-refractivity contribution >= 4 is 39.2 Å². The van der Waals surface area contributed by atoms with Crippen molar-refractivity contribution in [3.05, 3.63) is 58.6 Å². The molecule has 28 heavy (non-hydrogen) atoms. The molecule has 3 amide bonds. The van der Waals surface area contributed by atoms with Crippen molar-refractivity contribution in [2.24, 2.45) is 0 Å². The summed E-state index contributed by atoms with van der Waals surface area (Å²) < 4.78 is 1.06. The quantitative estimate of drug-likeness (QED) is 0.762. The third kappa shape index (κ3) is 4.14. The summed E-state index contributed by atoms with van der Waals surface area (Å²) in [4.78, 5) is 28.8. The molecule has 0 radical (unpaired) electrons. The second-order valence-corrected chi connectivity index (χ2v) is 8.08. The SMILES string of the molecule is O=C(N[C@@H]1CCN(c2ccc(Br)cc2)C1)c1cccc(N2CCCNC2=O)c1. The predicted octanol–water partition coefficient (Wildman–Crippen LogP) is 3.38. The predicted molar refractivity (Wildman–Crippen MR) is 114 cm³/mol. The summed E-state index contributed by atoms with van der Waals surface area (Å²) in [5.74, 6) is -0.0954. The van der Waals surface area contributed by atoms with Gasteiger partial charge in [0.15, 0.2) is 0 Å². The molecule has 6 nitrogen and oxygen atoms in total. The van der Waals surface area contributed by atoms with Crippen molar-refractivity contribution in [1.82, 2.24) is 10.6 Å². The lowest BCUT2D eigenvalue weighted by Crippen LogP contribution is -2.46. The van der Waals surface area contributed by atoms with E-state index in [9.17, 15) is 9.59 Å². The first-order valence-electron chi connectivity index (χ1n) is 9.57. The minimum Gasteiger partial charge on any atom is -0.369 e. The molecule has 0 aliphatic carbocycles. The number of hydrogen-bond acceptors (Lipinski definition) is 3. The van der Waals surface area contributed by atoms with Gasteiger partial charge < -0.3 is 15.5 Å². The van der Waals surface area contributed by atoms with E-state index in [4.69, 9.17) is 0 Å². The van der Waals surface area contributed by atoms with E-state index in [1.807, 2.05) is 24.3 Å². The molecule has 2 aliphatic heterocycles. The molecule has 0 spiro atoms. The van der Waals surface area contributed by atoms with Crippen molar-refractivity contribution in [2.75, 3.05) is 36.0 Å². The summed E-state index contributed by atoms with van der Waals surface area (Å²) in [6.45, 7) is 3.08. The molecule has 7 heteroatoms. The number of nitrogens with zero attached hydrogens (tertiary/aromatic N) is 2. The summed E-state index contributed by atoms with van der Waals surface area (Å²) in [6.07, 6.45) is 1.81. The van der Waals surface area contributed by atoms with Crippen LogP contribution in [0.15, 0.2) is 53.0 Å². The maximum Gasteiger partial charge on any atom is 0.321 e. The molecule has 2 aromatic carbocycles. The number of hydrogen-bond donors (Lipinski definition) is 2. The summed E-state index contributed by atoms with van der Waals surface area (Å²) >= 11 is 3.46. The van der Waals surface area contributed by atoms with Gasteiger partial charge in [0.2, 0.25) is 0 Å². The third-order valence-electron chi connectivity index (χ3n) is 5.22. The zero-order valence-corrected chi connectivity index (χ0v) is 17.1. The Morgan fingerprint density at radius 1 is 1.11 bits per heavy atom. The zero-order valence-electron chi connectivity index (χ0n) is 15.5. The molecule has 2 heterocycles. The second-order valence-electron chi connectivity index (χ2n) is 7.17. The Bertz CT molecular complexity index is 871. The highest BCUT2D eigenvalue weighted by Gasteiger charge is 2.25. The van der Waals surface area contributed by atoms with Gasteiger partial charge in [0.05, 0.1) is 0 Å². The van der Waals surface area contributed by atoms with Gasteiger partial charge in [-0.2, -0.15) is 0 Å². The fourth-order valence-corrected chi connectivity index (χ4v) is 3.99. The summed E-state index contributed by atoms with van der Waals surface area (Å²) in [6, 6.07) is 15.5. The summed E-state index contributed by atoms with van der Waals surface area (Å²) in [7, 11) is 0. The van der Waals surface area contributed by atoms with Gasteiger partial charge in [-0.25, -0.2) is 4.79 Å². The number of carbonyl (C=O) groups excluding carboxylic acids is 2. The lowest BCUT2D eigenvalue weighted by atomic mass is 10.1. The van der Waals surface area contributed by atoms with Crippen LogP contribution in [-0.2, 0) is 0 Å². The summed E-state index contributed by atoms with van der Waals surface area (Å²) in [5, 5.41) is 5.98. The minimum atomic E-state index is -0.107. The second kappa shape index (κ2) is 8.22. The smallest absolute Gasteiger partial charge is 0.321 e. The van der Waals surface area contributed by atoms with Crippen LogP contribution in [0.5, 0.6) is 0 Å². The van der Waals surface area contributed by atoms with Crippen molar-refractivity contribution in [3.8, 4) is 0 Å². The van der Waals surface area contributed by atoms with Gasteiger partial charge in [0.25, 0.3) is 5.91 Å². The van der Waals surface area contributed by atoms with Crippen LogP contribution in [0.25, 0.3) is 0 Å².